The van der Waals surface area contributed by atoms with E-state index >= 15 is 0 Å². The van der Waals surface area contributed by atoms with E-state index < -0.39 is 9.84 Å². The molecule has 0 aromatic heterocycles. The zero-order valence-corrected chi connectivity index (χ0v) is 15.5. The van der Waals surface area contributed by atoms with Crippen molar-refractivity contribution in [3.05, 3.63) is 29.8 Å². The van der Waals surface area contributed by atoms with E-state index in [0.29, 0.717) is 22.9 Å². The molecule has 0 spiro atoms. The van der Waals surface area contributed by atoms with Gasteiger partial charge in [0.1, 0.15) is 0 Å². The van der Waals surface area contributed by atoms with Crippen molar-refractivity contribution >= 4 is 15.7 Å². The van der Waals surface area contributed by atoms with Crippen LogP contribution in [0, 0.1) is 5.92 Å². The second-order valence-electron chi connectivity index (χ2n) is 7.23. The maximum absolute atomic E-state index is 12.6. The number of rotatable bonds is 6. The lowest BCUT2D eigenvalue weighted by molar-refractivity contribution is 0.0950. The van der Waals surface area contributed by atoms with Crippen LogP contribution in [0.1, 0.15) is 55.3 Å². The summed E-state index contributed by atoms with van der Waals surface area (Å²) in [7, 11) is -3.25. The maximum Gasteiger partial charge on any atom is 0.251 e. The molecule has 5 nitrogen and oxygen atoms in total. The van der Waals surface area contributed by atoms with Crippen molar-refractivity contribution in [1.82, 2.24) is 10.6 Å². The summed E-state index contributed by atoms with van der Waals surface area (Å²) in [5.41, 5.74) is 0.521. The number of sulfone groups is 1. The molecule has 0 radical (unpaired) electrons. The fraction of sp³-hybridized carbons (Fsp3) is 0.632. The molecule has 0 bridgehead atoms. The van der Waals surface area contributed by atoms with Crippen molar-refractivity contribution in [3.63, 3.8) is 0 Å². The van der Waals surface area contributed by atoms with E-state index in [1.54, 1.807) is 24.3 Å². The summed E-state index contributed by atoms with van der Waals surface area (Å²) in [5.74, 6) is 0.501. The Hall–Kier alpha value is -1.40. The van der Waals surface area contributed by atoms with Gasteiger partial charge in [-0.25, -0.2) is 8.42 Å². The summed E-state index contributed by atoms with van der Waals surface area (Å²) in [4.78, 5) is 12.6. The summed E-state index contributed by atoms with van der Waals surface area (Å²) >= 11 is 0. The van der Waals surface area contributed by atoms with Crippen LogP contribution in [0.2, 0.25) is 0 Å². The average Bonchev–Trinajstić information content (AvgIpc) is 3.18. The van der Waals surface area contributed by atoms with E-state index in [0.717, 1.165) is 45.2 Å². The molecule has 138 valence electrons. The smallest absolute Gasteiger partial charge is 0.251 e. The predicted molar refractivity (Wildman–Crippen MR) is 98.4 cm³/mol. The van der Waals surface area contributed by atoms with Crippen LogP contribution in [0.3, 0.4) is 0 Å². The van der Waals surface area contributed by atoms with Crippen molar-refractivity contribution in [2.45, 2.75) is 55.1 Å². The Bertz CT molecular complexity index is 673. The molecule has 2 aliphatic rings. The summed E-state index contributed by atoms with van der Waals surface area (Å²) < 4.78 is 25.1. The Morgan fingerprint density at radius 3 is 2.44 bits per heavy atom. The average molecular weight is 365 g/mol. The lowest BCUT2D eigenvalue weighted by Crippen LogP contribution is -2.33. The Kier molecular flexibility index (Phi) is 6.12. The first-order valence-electron chi connectivity index (χ1n) is 9.40. The van der Waals surface area contributed by atoms with Gasteiger partial charge in [0.25, 0.3) is 5.91 Å². The van der Waals surface area contributed by atoms with Crippen LogP contribution in [0.15, 0.2) is 29.2 Å². The molecule has 1 unspecified atom stereocenters. The molecule has 1 aromatic rings. The summed E-state index contributed by atoms with van der Waals surface area (Å²) in [6.07, 6.45) is 6.88. The van der Waals surface area contributed by atoms with Gasteiger partial charge >= 0.3 is 0 Å². The summed E-state index contributed by atoms with van der Waals surface area (Å²) in [5, 5.41) is 6.07. The highest BCUT2D eigenvalue weighted by Gasteiger charge is 2.30. The number of nitrogens with one attached hydrogen (secondary N) is 2. The van der Waals surface area contributed by atoms with Crippen molar-refractivity contribution in [2.75, 3.05) is 19.6 Å². The third kappa shape index (κ3) is 4.61. The first-order valence-corrected chi connectivity index (χ1v) is 10.9. The topological polar surface area (TPSA) is 75.3 Å². The molecular formula is C19H28N2O3S. The van der Waals surface area contributed by atoms with Crippen LogP contribution in [0.25, 0.3) is 0 Å². The van der Waals surface area contributed by atoms with Gasteiger partial charge in [-0.15, -0.1) is 0 Å². The molecule has 1 atom stereocenters. The lowest BCUT2D eigenvalue weighted by atomic mass is 9.96. The van der Waals surface area contributed by atoms with Crippen LogP contribution >= 0.6 is 0 Å². The first kappa shape index (κ1) is 18.4. The van der Waals surface area contributed by atoms with Crippen LogP contribution in [0.5, 0.6) is 0 Å². The van der Waals surface area contributed by atoms with E-state index in [-0.39, 0.29) is 11.2 Å². The predicted octanol–water partition coefficient (Wildman–Crippen LogP) is 2.52. The number of hydrogen-bond donors (Lipinski definition) is 2. The number of amides is 1. The minimum Gasteiger partial charge on any atom is -0.352 e. The molecule has 1 aromatic carbocycles. The Morgan fingerprint density at radius 1 is 1.08 bits per heavy atom. The van der Waals surface area contributed by atoms with Gasteiger partial charge in [-0.1, -0.05) is 12.8 Å². The van der Waals surface area contributed by atoms with Crippen molar-refractivity contribution in [1.29, 1.82) is 0 Å². The quantitative estimate of drug-likeness (QED) is 0.813. The molecule has 1 amide bonds. The Labute approximate surface area is 150 Å². The molecule has 1 heterocycles. The molecule has 1 saturated heterocycles. The first-order chi connectivity index (χ1) is 12.1. The van der Waals surface area contributed by atoms with Crippen LogP contribution in [0.4, 0.5) is 0 Å². The molecule has 25 heavy (non-hydrogen) atoms. The number of carbonyl (C=O) groups excluding carboxylic acids is 1. The number of benzene rings is 1. The minimum atomic E-state index is -3.25. The number of hydrogen-bond acceptors (Lipinski definition) is 4. The Morgan fingerprint density at radius 2 is 1.80 bits per heavy atom. The summed E-state index contributed by atoms with van der Waals surface area (Å²) in [6, 6.07) is 6.40. The fourth-order valence-corrected chi connectivity index (χ4v) is 5.70. The van der Waals surface area contributed by atoms with Crippen LogP contribution in [-0.2, 0) is 9.84 Å². The standard InChI is InChI=1S/C19H28N2O3S/c22-19(21-13-11-15-4-3-12-20-14-15)16-7-9-18(10-8-16)25(23,24)17-5-1-2-6-17/h7-10,15,17,20H,1-6,11-14H2,(H,21,22). The normalized spacial score (nSPS) is 22.0. The van der Waals surface area contributed by atoms with Crippen LogP contribution < -0.4 is 10.6 Å². The van der Waals surface area contributed by atoms with Gasteiger partial charge in [-0.3, -0.25) is 4.79 Å². The molecule has 6 heteroatoms. The highest BCUT2D eigenvalue weighted by Crippen LogP contribution is 2.29. The SMILES string of the molecule is O=C(NCCC1CCCNC1)c1ccc(S(=O)(=O)C2CCCC2)cc1. The van der Waals surface area contributed by atoms with E-state index in [1.165, 1.54) is 12.8 Å². The number of piperidine rings is 1. The van der Waals surface area contributed by atoms with Crippen molar-refractivity contribution in [2.24, 2.45) is 5.92 Å². The van der Waals surface area contributed by atoms with Gasteiger partial charge in [0, 0.05) is 12.1 Å². The van der Waals surface area contributed by atoms with E-state index in [9.17, 15) is 13.2 Å². The third-order valence-electron chi connectivity index (χ3n) is 5.42. The van der Waals surface area contributed by atoms with Gasteiger partial charge in [0.05, 0.1) is 10.1 Å². The maximum atomic E-state index is 12.6. The van der Waals surface area contributed by atoms with E-state index in [4.69, 9.17) is 0 Å². The molecule has 2 N–H and O–H groups in total. The molecule has 1 aliphatic carbocycles. The van der Waals surface area contributed by atoms with E-state index in [1.807, 2.05) is 0 Å². The van der Waals surface area contributed by atoms with Crippen molar-refractivity contribution < 1.29 is 13.2 Å². The van der Waals surface area contributed by atoms with Crippen LogP contribution in [-0.4, -0.2) is 39.2 Å². The lowest BCUT2D eigenvalue weighted by Gasteiger charge is -2.22. The van der Waals surface area contributed by atoms with E-state index in [2.05, 4.69) is 10.6 Å². The molecule has 1 aliphatic heterocycles. The number of carbonyl (C=O) groups is 1. The highest BCUT2D eigenvalue weighted by atomic mass is 32.2. The van der Waals surface area contributed by atoms with Gasteiger partial charge in [-0.2, -0.15) is 0 Å². The molecular weight excluding hydrogens is 336 g/mol. The second-order valence-corrected chi connectivity index (χ2v) is 9.46. The highest BCUT2D eigenvalue weighted by molar-refractivity contribution is 7.92. The van der Waals surface area contributed by atoms with Gasteiger partial charge in [0.2, 0.25) is 0 Å². The minimum absolute atomic E-state index is 0.131. The largest absolute Gasteiger partial charge is 0.352 e. The molecule has 1 saturated carbocycles. The Balaban J connectivity index is 1.53. The zero-order valence-electron chi connectivity index (χ0n) is 14.7. The van der Waals surface area contributed by atoms with Crippen molar-refractivity contribution in [3.8, 4) is 0 Å². The summed E-state index contributed by atoms with van der Waals surface area (Å²) in [6.45, 7) is 2.79. The fourth-order valence-electron chi connectivity index (χ4n) is 3.85. The van der Waals surface area contributed by atoms with Gasteiger partial charge in [0.15, 0.2) is 9.84 Å². The second kappa shape index (κ2) is 8.32. The van der Waals surface area contributed by atoms with Gasteiger partial charge in [-0.05, 0) is 75.4 Å². The zero-order chi connectivity index (χ0) is 17.7. The third-order valence-corrected chi connectivity index (χ3v) is 7.70. The monoisotopic (exact) mass is 364 g/mol. The molecule has 2 fully saturated rings. The molecule has 3 rings (SSSR count). The van der Waals surface area contributed by atoms with Gasteiger partial charge < -0.3 is 10.6 Å².